The highest BCUT2D eigenvalue weighted by atomic mass is 16.5. The van der Waals surface area contributed by atoms with E-state index in [1.54, 1.807) is 4.90 Å². The van der Waals surface area contributed by atoms with Crippen LogP contribution in [0.2, 0.25) is 0 Å². The van der Waals surface area contributed by atoms with E-state index in [0.717, 1.165) is 23.4 Å². The fourth-order valence-electron chi connectivity index (χ4n) is 3.91. The number of piperidine rings is 1. The molecule has 1 aromatic carbocycles. The third kappa shape index (κ3) is 2.80. The highest BCUT2D eigenvalue weighted by Crippen LogP contribution is 2.23. The second kappa shape index (κ2) is 6.52. The topological polar surface area (TPSA) is 53.0 Å². The van der Waals surface area contributed by atoms with Gasteiger partial charge in [0.1, 0.15) is 13.2 Å². The molecule has 0 aliphatic carbocycles. The van der Waals surface area contributed by atoms with Crippen molar-refractivity contribution in [2.75, 3.05) is 26.2 Å². The zero-order chi connectivity index (χ0) is 17.4. The standard InChI is InChI=1S/C19H24N4O2/c1-14-17(18(24)25-13-12-22-10-6-3-7-11-22)23-16-9-5-4-8-15(16)21(2)19(23)20-14/h4-5,8-9H,3,6-7,10-13H2,1-2H3/p+1. The lowest BCUT2D eigenvalue weighted by molar-refractivity contribution is -0.905. The van der Waals surface area contributed by atoms with Gasteiger partial charge in [0.2, 0.25) is 5.78 Å². The zero-order valence-corrected chi connectivity index (χ0v) is 14.9. The summed E-state index contributed by atoms with van der Waals surface area (Å²) in [6, 6.07) is 8.02. The van der Waals surface area contributed by atoms with E-state index in [4.69, 9.17) is 4.74 Å². The maximum atomic E-state index is 12.7. The van der Waals surface area contributed by atoms with Crippen LogP contribution in [-0.4, -0.2) is 46.2 Å². The number of quaternary nitrogens is 1. The molecule has 1 saturated heterocycles. The Hall–Kier alpha value is -2.34. The van der Waals surface area contributed by atoms with E-state index in [2.05, 4.69) is 4.98 Å². The van der Waals surface area contributed by atoms with Gasteiger partial charge in [-0.1, -0.05) is 12.1 Å². The zero-order valence-electron chi connectivity index (χ0n) is 14.9. The minimum atomic E-state index is -0.280. The van der Waals surface area contributed by atoms with Gasteiger partial charge in [0.25, 0.3) is 0 Å². The van der Waals surface area contributed by atoms with Gasteiger partial charge in [-0.15, -0.1) is 0 Å². The molecule has 0 atom stereocenters. The van der Waals surface area contributed by atoms with E-state index in [-0.39, 0.29) is 5.97 Å². The summed E-state index contributed by atoms with van der Waals surface area (Å²) in [6.07, 6.45) is 3.89. The average molecular weight is 341 g/mol. The van der Waals surface area contributed by atoms with Crippen LogP contribution < -0.4 is 4.90 Å². The van der Waals surface area contributed by atoms with Gasteiger partial charge in [-0.25, -0.2) is 9.78 Å². The number of fused-ring (bicyclic) bond motifs is 3. The van der Waals surface area contributed by atoms with Crippen molar-refractivity contribution in [1.82, 2.24) is 14.0 Å². The van der Waals surface area contributed by atoms with Crippen molar-refractivity contribution < 1.29 is 14.4 Å². The van der Waals surface area contributed by atoms with Gasteiger partial charge in [0.15, 0.2) is 5.69 Å². The fourth-order valence-corrected chi connectivity index (χ4v) is 3.91. The van der Waals surface area contributed by atoms with Crippen molar-refractivity contribution in [2.24, 2.45) is 7.05 Å². The van der Waals surface area contributed by atoms with Gasteiger partial charge >= 0.3 is 5.97 Å². The lowest BCUT2D eigenvalue weighted by Crippen LogP contribution is -3.13. The number of carbonyl (C=O) groups excluding carboxylic acids is 1. The van der Waals surface area contributed by atoms with Crippen LogP contribution in [0.5, 0.6) is 0 Å². The monoisotopic (exact) mass is 341 g/mol. The summed E-state index contributed by atoms with van der Waals surface area (Å²) >= 11 is 0. The lowest BCUT2D eigenvalue weighted by atomic mass is 10.1. The van der Waals surface area contributed by atoms with Gasteiger partial charge in [-0.05, 0) is 38.3 Å². The smallest absolute Gasteiger partial charge is 0.357 e. The number of aromatic nitrogens is 3. The molecule has 0 bridgehead atoms. The van der Waals surface area contributed by atoms with Gasteiger partial charge in [0, 0.05) is 7.05 Å². The molecule has 1 fully saturated rings. The van der Waals surface area contributed by atoms with E-state index in [1.165, 1.54) is 32.4 Å². The molecular formula is C19H25N4O2+. The molecule has 3 aromatic rings. The number of rotatable bonds is 4. The number of imidazole rings is 2. The van der Waals surface area contributed by atoms with Crippen molar-refractivity contribution in [3.8, 4) is 0 Å². The highest BCUT2D eigenvalue weighted by molar-refractivity contribution is 5.93. The number of nitrogens with one attached hydrogen (secondary N) is 1. The molecule has 0 amide bonds. The lowest BCUT2D eigenvalue weighted by Gasteiger charge is -2.23. The summed E-state index contributed by atoms with van der Waals surface area (Å²) in [7, 11) is 1.97. The van der Waals surface area contributed by atoms with Crippen LogP contribution in [0.3, 0.4) is 0 Å². The van der Waals surface area contributed by atoms with Gasteiger partial charge in [-0.3, -0.25) is 4.40 Å². The van der Waals surface area contributed by atoms with Crippen LogP contribution in [-0.2, 0) is 11.8 Å². The first-order valence-electron chi connectivity index (χ1n) is 9.10. The summed E-state index contributed by atoms with van der Waals surface area (Å²) in [6.45, 7) is 5.61. The van der Waals surface area contributed by atoms with E-state index in [1.807, 2.05) is 47.2 Å². The molecule has 132 valence electrons. The number of hydrogen-bond acceptors (Lipinski definition) is 3. The van der Waals surface area contributed by atoms with Crippen molar-refractivity contribution in [1.29, 1.82) is 0 Å². The quantitative estimate of drug-likeness (QED) is 0.729. The first kappa shape index (κ1) is 16.1. The Kier molecular flexibility index (Phi) is 4.21. The van der Waals surface area contributed by atoms with Crippen LogP contribution in [0.4, 0.5) is 0 Å². The first-order chi connectivity index (χ1) is 12.2. The minimum Gasteiger partial charge on any atom is -0.455 e. The second-order valence-corrected chi connectivity index (χ2v) is 6.93. The number of nitrogens with zero attached hydrogens (tertiary/aromatic N) is 3. The van der Waals surface area contributed by atoms with Crippen LogP contribution in [0, 0.1) is 6.92 Å². The molecule has 0 unspecified atom stereocenters. The van der Waals surface area contributed by atoms with Crippen molar-refractivity contribution in [2.45, 2.75) is 26.2 Å². The maximum absolute atomic E-state index is 12.7. The second-order valence-electron chi connectivity index (χ2n) is 6.93. The molecule has 6 heteroatoms. The van der Waals surface area contributed by atoms with Crippen LogP contribution in [0.1, 0.15) is 35.4 Å². The molecule has 0 radical (unpaired) electrons. The molecule has 3 heterocycles. The maximum Gasteiger partial charge on any atom is 0.357 e. The SMILES string of the molecule is Cc1nc2n(C)c3ccccc3n2c1C(=O)OCC[NH+]1CCCCC1. The Balaban J connectivity index is 1.58. The van der Waals surface area contributed by atoms with Crippen LogP contribution >= 0.6 is 0 Å². The molecular weight excluding hydrogens is 316 g/mol. The molecule has 0 spiro atoms. The summed E-state index contributed by atoms with van der Waals surface area (Å²) in [5, 5.41) is 0. The Labute approximate surface area is 147 Å². The van der Waals surface area contributed by atoms with Crippen molar-refractivity contribution in [3.05, 3.63) is 35.7 Å². The molecule has 6 nitrogen and oxygen atoms in total. The summed E-state index contributed by atoms with van der Waals surface area (Å²) in [5.74, 6) is 0.491. The number of aryl methyl sites for hydroxylation is 2. The molecule has 1 aliphatic heterocycles. The van der Waals surface area contributed by atoms with E-state index >= 15 is 0 Å². The first-order valence-corrected chi connectivity index (χ1v) is 9.10. The van der Waals surface area contributed by atoms with E-state index in [9.17, 15) is 4.79 Å². The summed E-state index contributed by atoms with van der Waals surface area (Å²) < 4.78 is 9.53. The largest absolute Gasteiger partial charge is 0.455 e. The van der Waals surface area contributed by atoms with Gasteiger partial charge in [0.05, 0.1) is 29.8 Å². The van der Waals surface area contributed by atoms with Crippen LogP contribution in [0.15, 0.2) is 24.3 Å². The Morgan fingerprint density at radius 1 is 1.20 bits per heavy atom. The van der Waals surface area contributed by atoms with Crippen molar-refractivity contribution in [3.63, 3.8) is 0 Å². The number of esters is 1. The molecule has 2 aromatic heterocycles. The van der Waals surface area contributed by atoms with Crippen molar-refractivity contribution >= 4 is 22.8 Å². The Bertz CT molecular complexity index is 918. The predicted molar refractivity (Wildman–Crippen MR) is 96.1 cm³/mol. The highest BCUT2D eigenvalue weighted by Gasteiger charge is 2.23. The Morgan fingerprint density at radius 2 is 1.92 bits per heavy atom. The number of para-hydroxylation sites is 2. The normalized spacial score (nSPS) is 15.9. The molecule has 1 N–H and O–H groups in total. The number of hydrogen-bond donors (Lipinski definition) is 1. The summed E-state index contributed by atoms with van der Waals surface area (Å²) in [4.78, 5) is 18.9. The molecule has 1 aliphatic rings. The number of ether oxygens (including phenoxy) is 1. The van der Waals surface area contributed by atoms with E-state index in [0.29, 0.717) is 18.0 Å². The predicted octanol–water partition coefficient (Wildman–Crippen LogP) is 1.36. The number of benzene rings is 1. The average Bonchev–Trinajstić information content (AvgIpc) is 3.11. The molecule has 0 saturated carbocycles. The third-order valence-electron chi connectivity index (χ3n) is 5.26. The summed E-state index contributed by atoms with van der Waals surface area (Å²) in [5.41, 5.74) is 3.29. The van der Waals surface area contributed by atoms with Gasteiger partial charge in [-0.2, -0.15) is 0 Å². The van der Waals surface area contributed by atoms with Crippen LogP contribution in [0.25, 0.3) is 16.8 Å². The van der Waals surface area contributed by atoms with E-state index < -0.39 is 0 Å². The molecule has 4 rings (SSSR count). The number of carbonyl (C=O) groups is 1. The fraction of sp³-hybridized carbons (Fsp3) is 0.474. The molecule has 25 heavy (non-hydrogen) atoms. The Morgan fingerprint density at radius 3 is 2.68 bits per heavy atom. The minimum absolute atomic E-state index is 0.280. The third-order valence-corrected chi connectivity index (χ3v) is 5.26. The van der Waals surface area contributed by atoms with Gasteiger partial charge < -0.3 is 14.2 Å². The number of likely N-dealkylation sites (tertiary alicyclic amines) is 1.